The first-order chi connectivity index (χ1) is 45.3. The second-order valence-corrected chi connectivity index (χ2v) is 26.5. The van der Waals surface area contributed by atoms with Gasteiger partial charge in [0.05, 0.1) is 31.5 Å². The molecule has 8 rings (SSSR count). The van der Waals surface area contributed by atoms with Gasteiger partial charge in [-0.3, -0.25) is 28.8 Å². The minimum absolute atomic E-state index is 0. The average Bonchev–Trinajstić information content (AvgIpc) is 1.15. The summed E-state index contributed by atoms with van der Waals surface area (Å²) >= 11 is 0. The van der Waals surface area contributed by atoms with E-state index in [1.165, 1.54) is 42.7 Å². The van der Waals surface area contributed by atoms with Crippen molar-refractivity contribution in [2.45, 2.75) is 177 Å². The Morgan fingerprint density at radius 1 is 0.546 bits per heavy atom. The molecular weight excluding hydrogens is 1260 g/mol. The van der Waals surface area contributed by atoms with Crippen molar-refractivity contribution in [1.82, 2.24) is 18.9 Å². The number of benzene rings is 4. The number of carboxylic acids is 1. The van der Waals surface area contributed by atoms with E-state index < -0.39 is 119 Å². The van der Waals surface area contributed by atoms with E-state index in [1.54, 1.807) is 66.7 Å². The van der Waals surface area contributed by atoms with E-state index in [9.17, 15) is 55.8 Å². The fourth-order valence-corrected chi connectivity index (χ4v) is 13.4. The minimum atomic E-state index is -1.24. The molecule has 0 amide bonds. The van der Waals surface area contributed by atoms with Crippen molar-refractivity contribution in [3.8, 4) is 22.3 Å². The number of likely N-dealkylation sites (tertiary alicyclic amines) is 2. The number of hydrogen-bond acceptors (Lipinski definition) is 11. The van der Waals surface area contributed by atoms with Gasteiger partial charge in [0, 0.05) is 76.3 Å². The van der Waals surface area contributed by atoms with Crippen molar-refractivity contribution in [3.63, 3.8) is 0 Å². The summed E-state index contributed by atoms with van der Waals surface area (Å²) in [5, 5.41) is 22.8. The average molecular weight is 1350 g/mol. The number of aromatic nitrogens is 2. The van der Waals surface area contributed by atoms with Gasteiger partial charge in [0.1, 0.15) is 35.6 Å². The summed E-state index contributed by atoms with van der Waals surface area (Å²) in [4.78, 5) is 83.2. The van der Waals surface area contributed by atoms with Crippen molar-refractivity contribution in [1.29, 1.82) is 0 Å². The summed E-state index contributed by atoms with van der Waals surface area (Å²) in [5.74, 6) is -9.10. The van der Waals surface area contributed by atoms with Crippen LogP contribution >= 0.6 is 0 Å². The molecule has 2 aliphatic rings. The van der Waals surface area contributed by atoms with Crippen LogP contribution < -0.4 is 35.2 Å². The van der Waals surface area contributed by atoms with Crippen molar-refractivity contribution in [2.24, 2.45) is 11.8 Å². The second-order valence-electron chi connectivity index (χ2n) is 26.5. The molecule has 4 aromatic carbocycles. The molecule has 23 heteroatoms. The number of Topliss-reactive ketones (excluding diaryl/α,β-unsaturated/α-hetero) is 2. The van der Waals surface area contributed by atoms with Crippen LogP contribution in [0.4, 0.5) is 35.1 Å². The van der Waals surface area contributed by atoms with Gasteiger partial charge in [0.2, 0.25) is 0 Å². The van der Waals surface area contributed by atoms with Crippen LogP contribution in [0.5, 0.6) is 0 Å². The number of hydrogen-bond donors (Lipinski definition) is 2. The Morgan fingerprint density at radius 2 is 0.907 bits per heavy atom. The summed E-state index contributed by atoms with van der Waals surface area (Å²) in [7, 11) is 0. The van der Waals surface area contributed by atoms with Gasteiger partial charge in [-0.25, -0.2) is 35.1 Å². The standard InChI is InChI=1S/C38H46F4N2O4.C36H42F4N2O4.Li.H2O2/c1-7-48-35(46)19-27(31-17-28(13-25(6)37(31)42)36-23(4)14-30(40)15-24(36)5)18-34(45)33(12-22(2)3)44-20-26(16-32(41)38(44)47)8-10-43-11-9-29(39)21-43;1-20(2)10-31(42-18-24(14-30(39)36(42)46)6-8-41-9-7-27(37)19-41)32(43)16-25(17-33(44)45)29-15-26(11-23(5)35(29)40)34-21(3)12-28(38)13-22(34)4;;1-2/h13-17,20,22,27,29,33H,7-12,18-19,21H2,1-6H3;11-15,18,20,25,27,31H,6-10,16-17,19H2,1-5H3,(H,44,45);;1-2H/q;;+1;/p-1/t27-,29+,33?;25-,27+,31?;;/m00../s1. The smallest absolute Gasteiger partial charge is 0.727 e. The third-order valence-electron chi connectivity index (χ3n) is 17.8. The van der Waals surface area contributed by atoms with Crippen LogP contribution in [0.1, 0.15) is 166 Å². The number of alkyl halides is 2. The van der Waals surface area contributed by atoms with Crippen LogP contribution in [0.3, 0.4) is 0 Å². The first kappa shape index (κ1) is 80.6. The Morgan fingerprint density at radius 3 is 1.23 bits per heavy atom. The third kappa shape index (κ3) is 21.7. The van der Waals surface area contributed by atoms with Gasteiger partial charge in [-0.2, -0.15) is 0 Å². The van der Waals surface area contributed by atoms with Gasteiger partial charge in [0.15, 0.2) is 23.2 Å². The molecule has 2 saturated heterocycles. The van der Waals surface area contributed by atoms with Crippen molar-refractivity contribution in [2.75, 3.05) is 45.9 Å². The van der Waals surface area contributed by atoms with Crippen LogP contribution in [0.2, 0.25) is 0 Å². The van der Waals surface area contributed by atoms with Crippen LogP contribution in [-0.2, 0) is 36.8 Å². The Kier molecular flexibility index (Phi) is 30.5. The molecule has 0 bridgehead atoms. The van der Waals surface area contributed by atoms with Gasteiger partial charge in [0.25, 0.3) is 11.1 Å². The number of esters is 1. The Labute approximate surface area is 574 Å². The van der Waals surface area contributed by atoms with Gasteiger partial charge in [-0.05, 0) is 237 Å². The van der Waals surface area contributed by atoms with Crippen LogP contribution in [0.25, 0.3) is 22.3 Å². The number of nitrogens with zero attached hydrogens (tertiary/aromatic N) is 4. The van der Waals surface area contributed by atoms with Crippen molar-refractivity contribution >= 4 is 23.5 Å². The maximum atomic E-state index is 16.0. The fourth-order valence-electron chi connectivity index (χ4n) is 13.4. The van der Waals surface area contributed by atoms with E-state index in [4.69, 9.17) is 15.3 Å². The quantitative estimate of drug-likeness (QED) is 0.0163. The summed E-state index contributed by atoms with van der Waals surface area (Å²) in [6, 6.07) is 12.0. The van der Waals surface area contributed by atoms with Crippen LogP contribution in [0.15, 0.2) is 82.6 Å². The normalized spacial score (nSPS) is 16.0. The molecule has 4 heterocycles. The van der Waals surface area contributed by atoms with E-state index >= 15 is 13.2 Å². The first-order valence-corrected chi connectivity index (χ1v) is 32.6. The maximum Gasteiger partial charge on any atom is 1.00 e. The number of pyridine rings is 2. The van der Waals surface area contributed by atoms with E-state index in [0.717, 1.165) is 26.8 Å². The van der Waals surface area contributed by atoms with Gasteiger partial charge in [-0.15, -0.1) is 0 Å². The summed E-state index contributed by atoms with van der Waals surface area (Å²) < 4.78 is 125. The molecule has 0 spiro atoms. The zero-order valence-corrected chi connectivity index (χ0v) is 57.5. The first-order valence-electron chi connectivity index (χ1n) is 32.6. The zero-order valence-electron chi connectivity index (χ0n) is 57.5. The molecule has 97 heavy (non-hydrogen) atoms. The molecule has 0 saturated carbocycles. The van der Waals surface area contributed by atoms with Gasteiger partial charge < -0.3 is 39.3 Å². The van der Waals surface area contributed by atoms with Crippen molar-refractivity contribution < 1.29 is 93.5 Å². The van der Waals surface area contributed by atoms with E-state index in [0.29, 0.717) is 115 Å². The molecule has 0 aliphatic carbocycles. The SMILES string of the molecule is CCOC(=O)C[C@H](CC(=O)C(CC(C)C)n1cc(CCN2CC[C@@H](F)C2)cc(F)c1=O)c1cc(-c2c(C)cc(F)cc2C)cc(C)c1F.Cc1cc(-c2c(C)cc(F)cc2C)cc([C@H](CC(=O)O)CC(=O)C(CC(C)C)n2cc(CCN3CC[C@@H](F)C3)cc(F)c2=O)c1F.[Li+].[O-]O. The number of carboxylic acid groups (broad SMARTS) is 1. The molecule has 14 nitrogen and oxygen atoms in total. The number of ketones is 2. The van der Waals surface area contributed by atoms with E-state index in [-0.39, 0.29) is 85.2 Å². The molecule has 2 aliphatic heterocycles. The van der Waals surface area contributed by atoms with Crippen molar-refractivity contribution in [3.05, 3.63) is 184 Å². The number of ether oxygens (including phenoxy) is 1. The number of rotatable bonds is 27. The van der Waals surface area contributed by atoms with Gasteiger partial charge in [-0.1, -0.05) is 27.7 Å². The Balaban J connectivity index is 0.000000339. The largest absolute Gasteiger partial charge is 1.00 e. The topological polar surface area (TPSA) is 192 Å². The number of aryl methyl sites for hydroxylation is 6. The number of halogens is 8. The molecule has 2 fully saturated rings. The van der Waals surface area contributed by atoms with Crippen LogP contribution in [0, 0.1) is 88.3 Å². The molecule has 6 atom stereocenters. The Hall–Kier alpha value is -7.06. The number of carbonyl (C=O) groups is 4. The summed E-state index contributed by atoms with van der Waals surface area (Å²) in [5.41, 5.74) is 4.83. The second kappa shape index (κ2) is 36.7. The summed E-state index contributed by atoms with van der Waals surface area (Å²) in [6.45, 7) is 22.0. The van der Waals surface area contributed by atoms with E-state index in [1.807, 2.05) is 37.5 Å². The van der Waals surface area contributed by atoms with Crippen LogP contribution in [-0.4, -0.2) is 111 Å². The minimum Gasteiger partial charge on any atom is -0.727 e. The molecule has 2 unspecified atom stereocenters. The molecule has 2 N–H and O–H groups in total. The van der Waals surface area contributed by atoms with E-state index in [2.05, 4.69) is 0 Å². The Bertz CT molecular complexity index is 3830. The monoisotopic (exact) mass is 1350 g/mol. The molecule has 0 radical (unpaired) electrons. The zero-order chi connectivity index (χ0) is 71.2. The number of carbonyl (C=O) groups excluding carboxylic acids is 3. The molecular formula is C74H89F8LiN4O10. The third-order valence-corrected chi connectivity index (χ3v) is 17.8. The maximum absolute atomic E-state index is 16.0. The predicted octanol–water partition coefficient (Wildman–Crippen LogP) is 10.8. The molecule has 2 aromatic heterocycles. The fraction of sp³-hybridized carbons (Fsp3) is 0.486. The molecule has 522 valence electrons. The summed E-state index contributed by atoms with van der Waals surface area (Å²) in [6.07, 6.45) is 1.51. The number of aliphatic carboxylic acids is 1. The predicted molar refractivity (Wildman–Crippen MR) is 350 cm³/mol. The van der Waals surface area contributed by atoms with Gasteiger partial charge >= 0.3 is 30.8 Å². The molecule has 6 aromatic rings.